The van der Waals surface area contributed by atoms with E-state index in [1.165, 1.54) is 16.8 Å². The van der Waals surface area contributed by atoms with Crippen LogP contribution < -0.4 is 5.56 Å². The van der Waals surface area contributed by atoms with E-state index >= 15 is 0 Å². The molecule has 1 N–H and O–H groups in total. The van der Waals surface area contributed by atoms with Crippen LogP contribution in [0.5, 0.6) is 0 Å². The summed E-state index contributed by atoms with van der Waals surface area (Å²) >= 11 is 0. The van der Waals surface area contributed by atoms with Crippen LogP contribution in [0.3, 0.4) is 0 Å². The van der Waals surface area contributed by atoms with Crippen molar-refractivity contribution in [3.8, 4) is 0 Å². The third-order valence-electron chi connectivity index (χ3n) is 6.40. The average Bonchev–Trinajstić information content (AvgIpc) is 3.49. The summed E-state index contributed by atoms with van der Waals surface area (Å²) in [5.74, 6) is -0.234. The second-order valence-electron chi connectivity index (χ2n) is 10.7. The molecule has 1 aromatic heterocycles. The fourth-order valence-electron chi connectivity index (χ4n) is 4.24. The molecular formula is C24H36N2O6. The van der Waals surface area contributed by atoms with Gasteiger partial charge < -0.3 is 24.0 Å². The topological polar surface area (TPSA) is 98.1 Å². The summed E-state index contributed by atoms with van der Waals surface area (Å²) in [7, 11) is 0. The Morgan fingerprint density at radius 2 is 1.91 bits per heavy atom. The molecule has 32 heavy (non-hydrogen) atoms. The van der Waals surface area contributed by atoms with Crippen molar-refractivity contribution >= 4 is 12.1 Å². The van der Waals surface area contributed by atoms with E-state index in [1.807, 2.05) is 34.6 Å². The van der Waals surface area contributed by atoms with Gasteiger partial charge in [-0.2, -0.15) is 0 Å². The number of likely N-dealkylation sites (tertiary alicyclic amines) is 1. The predicted octanol–water partition coefficient (Wildman–Crippen LogP) is 3.30. The number of carbonyl (C=O) groups excluding carboxylic acids is 2. The number of hydrogen-bond acceptors (Lipinski definition) is 6. The number of rotatable bonds is 5. The molecule has 1 aliphatic carbocycles. The van der Waals surface area contributed by atoms with Crippen molar-refractivity contribution in [3.63, 3.8) is 0 Å². The molecule has 0 unspecified atom stereocenters. The number of piperidine rings is 1. The zero-order chi connectivity index (χ0) is 23.9. The number of pyridine rings is 1. The Balaban J connectivity index is 1.85. The van der Waals surface area contributed by atoms with Gasteiger partial charge in [0.05, 0.1) is 24.3 Å². The Morgan fingerprint density at radius 3 is 2.44 bits per heavy atom. The number of aromatic nitrogens is 1. The standard InChI is InChI=1S/C24H36N2O6/c1-7-31-20(28)18-13-26(19(27)12-17(18)16-8-9-16)15-24(30)10-11-25(14-23(24,5)6)21(29)32-22(2,3)4/h12-13,16,30H,7-11,14-15H2,1-6H3/t24-/m1/s1. The third-order valence-corrected chi connectivity index (χ3v) is 6.40. The summed E-state index contributed by atoms with van der Waals surface area (Å²) in [4.78, 5) is 39.5. The van der Waals surface area contributed by atoms with Crippen molar-refractivity contribution in [1.82, 2.24) is 9.47 Å². The smallest absolute Gasteiger partial charge is 0.410 e. The van der Waals surface area contributed by atoms with E-state index in [-0.39, 0.29) is 37.6 Å². The minimum absolute atomic E-state index is 0.0261. The second-order valence-corrected chi connectivity index (χ2v) is 10.7. The van der Waals surface area contributed by atoms with Crippen LogP contribution in [0.1, 0.15) is 82.6 Å². The van der Waals surface area contributed by atoms with Gasteiger partial charge in [0.25, 0.3) is 5.56 Å². The zero-order valence-electron chi connectivity index (χ0n) is 20.1. The molecular weight excluding hydrogens is 412 g/mol. The Morgan fingerprint density at radius 1 is 1.25 bits per heavy atom. The fourth-order valence-corrected chi connectivity index (χ4v) is 4.24. The van der Waals surface area contributed by atoms with Gasteiger partial charge in [-0.1, -0.05) is 13.8 Å². The largest absolute Gasteiger partial charge is 0.462 e. The molecule has 0 spiro atoms. The Bertz CT molecular complexity index is 941. The van der Waals surface area contributed by atoms with Gasteiger partial charge in [-0.3, -0.25) is 4.79 Å². The van der Waals surface area contributed by atoms with Crippen LogP contribution in [0.2, 0.25) is 0 Å². The van der Waals surface area contributed by atoms with E-state index in [2.05, 4.69) is 0 Å². The van der Waals surface area contributed by atoms with Crippen molar-refractivity contribution in [2.24, 2.45) is 5.41 Å². The summed E-state index contributed by atoms with van der Waals surface area (Å²) in [5, 5.41) is 11.6. The van der Waals surface area contributed by atoms with Crippen molar-refractivity contribution in [2.45, 2.75) is 84.5 Å². The maximum atomic E-state index is 12.9. The van der Waals surface area contributed by atoms with E-state index in [0.29, 0.717) is 12.1 Å². The molecule has 1 saturated heterocycles. The van der Waals surface area contributed by atoms with Gasteiger partial charge in [0, 0.05) is 30.8 Å². The van der Waals surface area contributed by atoms with Crippen molar-refractivity contribution in [2.75, 3.05) is 19.7 Å². The van der Waals surface area contributed by atoms with Crippen LogP contribution in [-0.2, 0) is 16.0 Å². The molecule has 2 fully saturated rings. The highest BCUT2D eigenvalue weighted by Crippen LogP contribution is 2.42. The van der Waals surface area contributed by atoms with E-state index in [0.717, 1.165) is 18.4 Å². The average molecular weight is 449 g/mol. The number of hydrogen-bond donors (Lipinski definition) is 1. The molecule has 3 rings (SSSR count). The first-order valence-corrected chi connectivity index (χ1v) is 11.4. The number of amides is 1. The number of nitrogens with zero attached hydrogens (tertiary/aromatic N) is 2. The molecule has 1 saturated carbocycles. The molecule has 0 radical (unpaired) electrons. The monoisotopic (exact) mass is 448 g/mol. The van der Waals surface area contributed by atoms with Gasteiger partial charge in [-0.15, -0.1) is 0 Å². The quantitative estimate of drug-likeness (QED) is 0.694. The third kappa shape index (κ3) is 5.17. The summed E-state index contributed by atoms with van der Waals surface area (Å²) in [6, 6.07) is 1.51. The number of esters is 1. The van der Waals surface area contributed by atoms with E-state index in [9.17, 15) is 19.5 Å². The van der Waals surface area contributed by atoms with Gasteiger partial charge in [0.15, 0.2) is 0 Å². The lowest BCUT2D eigenvalue weighted by atomic mass is 9.70. The maximum Gasteiger partial charge on any atom is 0.410 e. The lowest BCUT2D eigenvalue weighted by molar-refractivity contribution is -0.126. The van der Waals surface area contributed by atoms with Crippen LogP contribution in [0.25, 0.3) is 0 Å². The van der Waals surface area contributed by atoms with E-state index in [1.54, 1.807) is 11.8 Å². The first-order chi connectivity index (χ1) is 14.8. The van der Waals surface area contributed by atoms with Gasteiger partial charge in [-0.25, -0.2) is 9.59 Å². The maximum absolute atomic E-state index is 12.9. The fraction of sp³-hybridized carbons (Fsp3) is 0.708. The van der Waals surface area contributed by atoms with Crippen LogP contribution in [-0.4, -0.2) is 57.5 Å². The number of ether oxygens (including phenoxy) is 2. The summed E-state index contributed by atoms with van der Waals surface area (Å²) in [6.45, 7) is 11.8. The van der Waals surface area contributed by atoms with Gasteiger partial charge in [-0.05, 0) is 58.4 Å². The second kappa shape index (κ2) is 8.54. The van der Waals surface area contributed by atoms with Gasteiger partial charge >= 0.3 is 12.1 Å². The molecule has 1 aromatic rings. The highest BCUT2D eigenvalue weighted by Gasteiger charge is 2.49. The first-order valence-electron chi connectivity index (χ1n) is 11.4. The lowest BCUT2D eigenvalue weighted by Gasteiger charge is -2.50. The summed E-state index contributed by atoms with van der Waals surface area (Å²) in [5.41, 5.74) is -1.69. The molecule has 178 valence electrons. The molecule has 1 atom stereocenters. The number of carbonyl (C=O) groups is 2. The van der Waals surface area contributed by atoms with Crippen LogP contribution >= 0.6 is 0 Å². The van der Waals surface area contributed by atoms with Crippen LogP contribution in [0.4, 0.5) is 4.79 Å². The Labute approximate surface area is 189 Å². The molecule has 0 bridgehead atoms. The Kier molecular flexibility index (Phi) is 6.48. The minimum atomic E-state index is -1.25. The van der Waals surface area contributed by atoms with Gasteiger partial charge in [0.1, 0.15) is 5.60 Å². The van der Waals surface area contributed by atoms with Crippen LogP contribution in [0.15, 0.2) is 17.1 Å². The van der Waals surface area contributed by atoms with E-state index in [4.69, 9.17) is 9.47 Å². The molecule has 1 aliphatic heterocycles. The normalized spacial score (nSPS) is 23.0. The minimum Gasteiger partial charge on any atom is -0.462 e. The van der Waals surface area contributed by atoms with Crippen molar-refractivity contribution in [1.29, 1.82) is 0 Å². The van der Waals surface area contributed by atoms with Crippen molar-refractivity contribution < 1.29 is 24.2 Å². The van der Waals surface area contributed by atoms with Crippen LogP contribution in [0, 0.1) is 5.41 Å². The lowest BCUT2D eigenvalue weighted by Crippen LogP contribution is -2.61. The summed E-state index contributed by atoms with van der Waals surface area (Å²) in [6.07, 6.45) is 3.30. The first kappa shape index (κ1) is 24.3. The van der Waals surface area contributed by atoms with Gasteiger partial charge in [0.2, 0.25) is 0 Å². The molecule has 1 amide bonds. The molecule has 0 aromatic carbocycles. The number of aliphatic hydroxyl groups is 1. The van der Waals surface area contributed by atoms with Crippen molar-refractivity contribution in [3.05, 3.63) is 33.7 Å². The molecule has 8 heteroatoms. The highest BCUT2D eigenvalue weighted by molar-refractivity contribution is 5.91. The summed E-state index contributed by atoms with van der Waals surface area (Å²) < 4.78 is 12.1. The Hall–Kier alpha value is -2.35. The highest BCUT2D eigenvalue weighted by atomic mass is 16.6. The zero-order valence-corrected chi connectivity index (χ0v) is 20.1. The predicted molar refractivity (Wildman–Crippen MR) is 120 cm³/mol. The SMILES string of the molecule is CCOC(=O)c1cn(C[C@]2(O)CCN(C(=O)OC(C)(C)C)CC2(C)C)c(=O)cc1C1CC1. The van der Waals surface area contributed by atoms with E-state index < -0.39 is 28.7 Å². The molecule has 8 nitrogen and oxygen atoms in total. The molecule has 2 aliphatic rings. The molecule has 2 heterocycles.